The molecule has 0 amide bonds. The van der Waals surface area contributed by atoms with Crippen LogP contribution < -0.4 is 0 Å². The predicted molar refractivity (Wildman–Crippen MR) is 92.8 cm³/mol. The molecule has 0 spiro atoms. The zero-order valence-corrected chi connectivity index (χ0v) is 12.9. The van der Waals surface area contributed by atoms with E-state index in [0.717, 1.165) is 17.6 Å². The summed E-state index contributed by atoms with van der Waals surface area (Å²) < 4.78 is 0.951. The highest BCUT2D eigenvalue weighted by atomic mass is 15.3. The maximum absolute atomic E-state index is 2.26. The fraction of sp³-hybridized carbons (Fsp3) is 0.200. The number of benzene rings is 2. The summed E-state index contributed by atoms with van der Waals surface area (Å²) in [6.45, 7) is 2.04. The standard InChI is InChI=1S/C20H24N/c1-21(2,17-9-15-19-11-5-3-6-12-19)18-10-16-20-13-7-4-8-14-20/h3-16H,17-18H2,1-2H3/q+1. The van der Waals surface area contributed by atoms with Gasteiger partial charge in [-0.2, -0.15) is 0 Å². The minimum atomic E-state index is 0.951. The van der Waals surface area contributed by atoms with Crippen LogP contribution in [-0.4, -0.2) is 31.7 Å². The Balaban J connectivity index is 1.84. The van der Waals surface area contributed by atoms with Gasteiger partial charge in [0.1, 0.15) is 0 Å². The van der Waals surface area contributed by atoms with Crippen molar-refractivity contribution < 1.29 is 4.48 Å². The summed E-state index contributed by atoms with van der Waals surface area (Å²) in [5.41, 5.74) is 2.52. The van der Waals surface area contributed by atoms with Gasteiger partial charge in [-0.05, 0) is 23.3 Å². The van der Waals surface area contributed by atoms with Crippen LogP contribution in [0.2, 0.25) is 0 Å². The average Bonchev–Trinajstić information content (AvgIpc) is 2.49. The van der Waals surface area contributed by atoms with Crippen LogP contribution in [0.1, 0.15) is 11.1 Å². The number of likely N-dealkylation sites (N-methyl/N-ethyl adjacent to an activating group) is 1. The van der Waals surface area contributed by atoms with Crippen LogP contribution in [0.3, 0.4) is 0 Å². The SMILES string of the molecule is C[N+](C)(CC=Cc1ccccc1)CC=Cc1ccccc1. The molecule has 0 radical (unpaired) electrons. The van der Waals surface area contributed by atoms with Crippen LogP contribution in [0.15, 0.2) is 72.8 Å². The first kappa shape index (κ1) is 15.3. The molecule has 0 saturated carbocycles. The Bertz CT molecular complexity index is 526. The lowest BCUT2D eigenvalue weighted by atomic mass is 10.2. The Morgan fingerprint density at radius 2 is 1.05 bits per heavy atom. The summed E-state index contributed by atoms with van der Waals surface area (Å²) in [6, 6.07) is 20.9. The molecule has 2 aromatic carbocycles. The van der Waals surface area contributed by atoms with E-state index in [0.29, 0.717) is 0 Å². The van der Waals surface area contributed by atoms with Crippen molar-refractivity contribution in [2.45, 2.75) is 0 Å². The zero-order chi connectivity index (χ0) is 15.0. The molecule has 1 heteroatoms. The van der Waals surface area contributed by atoms with Crippen molar-refractivity contribution in [2.75, 3.05) is 27.2 Å². The Morgan fingerprint density at radius 1 is 0.667 bits per heavy atom. The summed E-state index contributed by atoms with van der Waals surface area (Å²) in [6.07, 6.45) is 8.90. The molecule has 0 unspecified atom stereocenters. The Hall–Kier alpha value is -2.12. The van der Waals surface area contributed by atoms with Crippen LogP contribution in [-0.2, 0) is 0 Å². The monoisotopic (exact) mass is 278 g/mol. The molecule has 0 aromatic heterocycles. The van der Waals surface area contributed by atoms with Gasteiger partial charge >= 0.3 is 0 Å². The number of nitrogens with zero attached hydrogens (tertiary/aromatic N) is 1. The molecular weight excluding hydrogens is 254 g/mol. The molecule has 0 atom stereocenters. The first-order chi connectivity index (χ1) is 10.2. The van der Waals surface area contributed by atoms with Crippen LogP contribution in [0, 0.1) is 0 Å². The van der Waals surface area contributed by atoms with Crippen LogP contribution in [0.25, 0.3) is 12.2 Å². The van der Waals surface area contributed by atoms with Gasteiger partial charge in [0.15, 0.2) is 0 Å². The minimum Gasteiger partial charge on any atom is -0.322 e. The molecule has 0 aliphatic rings. The first-order valence-electron chi connectivity index (χ1n) is 7.41. The fourth-order valence-corrected chi connectivity index (χ4v) is 2.15. The predicted octanol–water partition coefficient (Wildman–Crippen LogP) is 4.49. The van der Waals surface area contributed by atoms with Crippen LogP contribution >= 0.6 is 0 Å². The van der Waals surface area contributed by atoms with Gasteiger partial charge in [-0.3, -0.25) is 0 Å². The Labute approximate surface area is 128 Å². The molecule has 0 aliphatic heterocycles. The third-order valence-corrected chi connectivity index (χ3v) is 3.42. The van der Waals surface area contributed by atoms with E-state index < -0.39 is 0 Å². The molecule has 1 nitrogen and oxygen atoms in total. The van der Waals surface area contributed by atoms with Crippen molar-refractivity contribution in [1.82, 2.24) is 0 Å². The van der Waals surface area contributed by atoms with Gasteiger partial charge in [-0.15, -0.1) is 0 Å². The van der Waals surface area contributed by atoms with Crippen molar-refractivity contribution in [3.05, 3.63) is 83.9 Å². The third kappa shape index (κ3) is 5.80. The Kier molecular flexibility index (Phi) is 5.53. The van der Waals surface area contributed by atoms with E-state index >= 15 is 0 Å². The Morgan fingerprint density at radius 3 is 1.43 bits per heavy atom. The van der Waals surface area contributed by atoms with Gasteiger partial charge < -0.3 is 4.48 Å². The molecule has 0 aliphatic carbocycles. The first-order valence-corrected chi connectivity index (χ1v) is 7.41. The highest BCUT2D eigenvalue weighted by Gasteiger charge is 2.09. The lowest BCUT2D eigenvalue weighted by molar-refractivity contribution is -0.878. The summed E-state index contributed by atoms with van der Waals surface area (Å²) in [7, 11) is 4.51. The lowest BCUT2D eigenvalue weighted by Gasteiger charge is -2.26. The van der Waals surface area contributed by atoms with Crippen molar-refractivity contribution in [3.8, 4) is 0 Å². The lowest BCUT2D eigenvalue weighted by Crippen LogP contribution is -2.39. The number of hydrogen-bond donors (Lipinski definition) is 0. The minimum absolute atomic E-state index is 0.951. The van der Waals surface area contributed by atoms with Gasteiger partial charge in [0.05, 0.1) is 27.2 Å². The van der Waals surface area contributed by atoms with Crippen molar-refractivity contribution >= 4 is 12.2 Å². The van der Waals surface area contributed by atoms with E-state index in [1.54, 1.807) is 0 Å². The summed E-state index contributed by atoms with van der Waals surface area (Å²) in [5.74, 6) is 0. The van der Waals surface area contributed by atoms with Gasteiger partial charge in [0, 0.05) is 0 Å². The molecule has 0 fully saturated rings. The molecule has 0 bridgehead atoms. The second-order valence-corrected chi connectivity index (χ2v) is 5.93. The van der Waals surface area contributed by atoms with Crippen LogP contribution in [0.5, 0.6) is 0 Å². The quantitative estimate of drug-likeness (QED) is 0.683. The number of hydrogen-bond acceptors (Lipinski definition) is 0. The van der Waals surface area contributed by atoms with E-state index in [9.17, 15) is 0 Å². The topological polar surface area (TPSA) is 0 Å². The highest BCUT2D eigenvalue weighted by Crippen LogP contribution is 2.05. The maximum atomic E-state index is 2.26. The van der Waals surface area contributed by atoms with E-state index in [-0.39, 0.29) is 0 Å². The van der Waals surface area contributed by atoms with E-state index in [1.807, 2.05) is 12.1 Å². The van der Waals surface area contributed by atoms with Crippen molar-refractivity contribution in [3.63, 3.8) is 0 Å². The molecule has 0 heterocycles. The van der Waals surface area contributed by atoms with Gasteiger partial charge in [0.2, 0.25) is 0 Å². The second kappa shape index (κ2) is 7.61. The average molecular weight is 278 g/mol. The number of rotatable bonds is 6. The van der Waals surface area contributed by atoms with Crippen LogP contribution in [0.4, 0.5) is 0 Å². The number of quaternary nitrogens is 1. The molecule has 0 N–H and O–H groups in total. The second-order valence-electron chi connectivity index (χ2n) is 5.93. The smallest absolute Gasteiger partial charge is 0.0975 e. The van der Waals surface area contributed by atoms with Gasteiger partial charge in [0.25, 0.3) is 0 Å². The molecule has 2 rings (SSSR count). The van der Waals surface area contributed by atoms with Crippen molar-refractivity contribution in [1.29, 1.82) is 0 Å². The van der Waals surface area contributed by atoms with Gasteiger partial charge in [-0.25, -0.2) is 0 Å². The fourth-order valence-electron chi connectivity index (χ4n) is 2.15. The zero-order valence-electron chi connectivity index (χ0n) is 12.9. The van der Waals surface area contributed by atoms with E-state index in [4.69, 9.17) is 0 Å². The summed E-state index contributed by atoms with van der Waals surface area (Å²) >= 11 is 0. The largest absolute Gasteiger partial charge is 0.322 e. The normalized spacial score (nSPS) is 12.3. The van der Waals surface area contributed by atoms with Gasteiger partial charge in [-0.1, -0.05) is 72.8 Å². The maximum Gasteiger partial charge on any atom is 0.0975 e. The molecule has 2 aromatic rings. The molecule has 21 heavy (non-hydrogen) atoms. The van der Waals surface area contributed by atoms with Crippen molar-refractivity contribution in [2.24, 2.45) is 0 Å². The molecular formula is C20H24N+. The third-order valence-electron chi connectivity index (χ3n) is 3.42. The van der Waals surface area contributed by atoms with E-state index in [1.165, 1.54) is 11.1 Å². The molecule has 108 valence electrons. The summed E-state index contributed by atoms with van der Waals surface area (Å²) in [4.78, 5) is 0. The highest BCUT2D eigenvalue weighted by molar-refractivity contribution is 5.49. The molecule has 0 saturated heterocycles. The van der Waals surface area contributed by atoms with E-state index in [2.05, 4.69) is 86.9 Å². The summed E-state index contributed by atoms with van der Waals surface area (Å²) in [5, 5.41) is 0.